The predicted molar refractivity (Wildman–Crippen MR) is 70.6 cm³/mol. The zero-order valence-corrected chi connectivity index (χ0v) is 11.8. The molecule has 0 aliphatic carbocycles. The first-order valence-corrected chi connectivity index (χ1v) is 6.91. The molecule has 3 amide bonds. The maximum atomic E-state index is 12.0. The van der Waals surface area contributed by atoms with Gasteiger partial charge in [0.15, 0.2) is 0 Å². The second-order valence-corrected chi connectivity index (χ2v) is 5.74. The fraction of sp³-hybridized carbons (Fsp3) is 0.846. The van der Waals surface area contributed by atoms with Gasteiger partial charge < -0.3 is 20.3 Å². The minimum atomic E-state index is -0.163. The van der Waals surface area contributed by atoms with Gasteiger partial charge in [-0.25, -0.2) is 4.79 Å². The Bertz CT molecular complexity index is 359. The minimum Gasteiger partial charge on any atom is -0.370 e. The zero-order chi connectivity index (χ0) is 14.0. The second-order valence-electron chi connectivity index (χ2n) is 5.74. The summed E-state index contributed by atoms with van der Waals surface area (Å²) in [6.07, 6.45) is 0.535. The van der Waals surface area contributed by atoms with Crippen molar-refractivity contribution in [3.8, 4) is 0 Å². The van der Waals surface area contributed by atoms with E-state index in [1.807, 2.05) is 0 Å². The molecule has 2 aliphatic heterocycles. The Balaban J connectivity index is 1.91. The summed E-state index contributed by atoms with van der Waals surface area (Å²) in [5.74, 6) is 0.315. The molecule has 2 N–H and O–H groups in total. The van der Waals surface area contributed by atoms with Gasteiger partial charge in [-0.15, -0.1) is 0 Å². The molecule has 3 unspecified atom stereocenters. The second kappa shape index (κ2) is 5.77. The fourth-order valence-corrected chi connectivity index (χ4v) is 2.69. The van der Waals surface area contributed by atoms with E-state index in [2.05, 4.69) is 24.5 Å². The first kappa shape index (κ1) is 14.1. The number of urea groups is 1. The molecule has 2 bridgehead atoms. The summed E-state index contributed by atoms with van der Waals surface area (Å²) in [7, 11) is 1.64. The van der Waals surface area contributed by atoms with E-state index >= 15 is 0 Å². The van der Waals surface area contributed by atoms with Crippen LogP contribution in [-0.2, 0) is 9.53 Å². The Hall–Kier alpha value is -1.30. The van der Waals surface area contributed by atoms with Gasteiger partial charge in [-0.2, -0.15) is 0 Å². The lowest BCUT2D eigenvalue weighted by Crippen LogP contribution is -2.51. The molecule has 2 fully saturated rings. The lowest BCUT2D eigenvalue weighted by molar-refractivity contribution is -0.127. The van der Waals surface area contributed by atoms with Crippen molar-refractivity contribution in [2.45, 2.75) is 32.5 Å². The van der Waals surface area contributed by atoms with Crippen LogP contribution >= 0.6 is 0 Å². The van der Waals surface area contributed by atoms with E-state index in [9.17, 15) is 9.59 Å². The van der Waals surface area contributed by atoms with Crippen LogP contribution in [0.2, 0.25) is 0 Å². The average Bonchev–Trinajstić information content (AvgIpc) is 2.69. The normalized spacial score (nSPS) is 29.5. The monoisotopic (exact) mass is 269 g/mol. The van der Waals surface area contributed by atoms with E-state index in [-0.39, 0.29) is 30.1 Å². The Morgan fingerprint density at radius 2 is 2.11 bits per heavy atom. The number of fused-ring (bicyclic) bond motifs is 2. The number of morpholine rings is 1. The molecular weight excluding hydrogens is 246 g/mol. The summed E-state index contributed by atoms with van der Waals surface area (Å²) in [4.78, 5) is 25.5. The molecule has 2 aliphatic rings. The predicted octanol–water partition coefficient (Wildman–Crippen LogP) is 0.187. The molecule has 19 heavy (non-hydrogen) atoms. The van der Waals surface area contributed by atoms with Gasteiger partial charge in [-0.1, -0.05) is 13.8 Å². The van der Waals surface area contributed by atoms with Crippen LogP contribution in [0.4, 0.5) is 4.79 Å². The van der Waals surface area contributed by atoms with Gasteiger partial charge in [-0.05, 0) is 12.3 Å². The Morgan fingerprint density at radius 3 is 2.74 bits per heavy atom. The number of carbonyl (C=O) groups excluding carboxylic acids is 2. The fourth-order valence-electron chi connectivity index (χ4n) is 2.69. The number of hydrogen-bond acceptors (Lipinski definition) is 3. The maximum absolute atomic E-state index is 12.0. The van der Waals surface area contributed by atoms with E-state index in [0.717, 1.165) is 0 Å². The van der Waals surface area contributed by atoms with Gasteiger partial charge in [0.25, 0.3) is 0 Å². The molecule has 2 saturated heterocycles. The van der Waals surface area contributed by atoms with Crippen LogP contribution in [0.15, 0.2) is 0 Å². The largest absolute Gasteiger partial charge is 0.370 e. The third kappa shape index (κ3) is 3.18. The molecule has 2 heterocycles. The van der Waals surface area contributed by atoms with Gasteiger partial charge in [0.1, 0.15) is 0 Å². The zero-order valence-electron chi connectivity index (χ0n) is 11.8. The summed E-state index contributed by atoms with van der Waals surface area (Å²) in [6, 6.07) is -0.0513. The molecule has 0 aromatic heterocycles. The van der Waals surface area contributed by atoms with Gasteiger partial charge in [0.05, 0.1) is 18.1 Å². The van der Waals surface area contributed by atoms with Crippen LogP contribution in [0.25, 0.3) is 0 Å². The van der Waals surface area contributed by atoms with Crippen LogP contribution in [-0.4, -0.2) is 55.7 Å². The van der Waals surface area contributed by atoms with Crippen LogP contribution in [0.5, 0.6) is 0 Å². The van der Waals surface area contributed by atoms with Gasteiger partial charge in [0.2, 0.25) is 5.91 Å². The van der Waals surface area contributed by atoms with Crippen molar-refractivity contribution in [1.29, 1.82) is 0 Å². The number of nitrogens with zero attached hydrogens (tertiary/aromatic N) is 1. The lowest BCUT2D eigenvalue weighted by Gasteiger charge is -2.32. The number of nitrogens with one attached hydrogen (secondary N) is 2. The van der Waals surface area contributed by atoms with Crippen LogP contribution in [0, 0.1) is 11.8 Å². The maximum Gasteiger partial charge on any atom is 0.317 e. The van der Waals surface area contributed by atoms with E-state index in [1.54, 1.807) is 11.9 Å². The number of rotatable bonds is 3. The number of hydrogen-bond donors (Lipinski definition) is 2. The van der Waals surface area contributed by atoms with Crippen molar-refractivity contribution in [2.75, 3.05) is 26.7 Å². The van der Waals surface area contributed by atoms with E-state index in [0.29, 0.717) is 32.0 Å². The number of ether oxygens (including phenoxy) is 1. The van der Waals surface area contributed by atoms with Gasteiger partial charge in [-0.3, -0.25) is 4.79 Å². The third-order valence-electron chi connectivity index (χ3n) is 3.69. The van der Waals surface area contributed by atoms with Gasteiger partial charge in [0, 0.05) is 26.7 Å². The Morgan fingerprint density at radius 1 is 1.37 bits per heavy atom. The molecule has 0 spiro atoms. The first-order chi connectivity index (χ1) is 9.01. The average molecular weight is 269 g/mol. The third-order valence-corrected chi connectivity index (χ3v) is 3.69. The molecule has 108 valence electrons. The van der Waals surface area contributed by atoms with Gasteiger partial charge >= 0.3 is 6.03 Å². The lowest BCUT2D eigenvalue weighted by atomic mass is 10.00. The highest BCUT2D eigenvalue weighted by molar-refractivity contribution is 5.80. The molecule has 0 saturated carbocycles. The summed E-state index contributed by atoms with van der Waals surface area (Å²) in [5.41, 5.74) is 0. The van der Waals surface area contributed by atoms with Crippen molar-refractivity contribution in [2.24, 2.45) is 11.8 Å². The number of amides is 3. The van der Waals surface area contributed by atoms with Crippen LogP contribution in [0.3, 0.4) is 0 Å². The number of carbonyl (C=O) groups is 2. The van der Waals surface area contributed by atoms with Crippen molar-refractivity contribution < 1.29 is 14.3 Å². The molecular formula is C13H23N3O3. The number of likely N-dealkylation sites (tertiary alicyclic amines) is 1. The molecule has 0 aromatic carbocycles. The van der Waals surface area contributed by atoms with E-state index in [4.69, 9.17) is 4.74 Å². The smallest absolute Gasteiger partial charge is 0.317 e. The summed E-state index contributed by atoms with van der Waals surface area (Å²) >= 11 is 0. The quantitative estimate of drug-likeness (QED) is 0.768. The highest BCUT2D eigenvalue weighted by atomic mass is 16.5. The van der Waals surface area contributed by atoms with Crippen molar-refractivity contribution in [1.82, 2.24) is 15.5 Å². The van der Waals surface area contributed by atoms with Crippen LogP contribution < -0.4 is 10.6 Å². The molecule has 0 radical (unpaired) electrons. The highest BCUT2D eigenvalue weighted by Gasteiger charge is 2.45. The SMILES string of the molecule is CNC(=O)C1CC2CN(C(=O)NCC(C)C)CC1O2. The molecule has 6 heteroatoms. The summed E-state index contributed by atoms with van der Waals surface area (Å²) in [5, 5.41) is 5.58. The minimum absolute atomic E-state index is 0.00847. The summed E-state index contributed by atoms with van der Waals surface area (Å²) in [6.45, 7) is 5.87. The molecule has 6 nitrogen and oxygen atoms in total. The topological polar surface area (TPSA) is 70.7 Å². The van der Waals surface area contributed by atoms with Crippen molar-refractivity contribution >= 4 is 11.9 Å². The highest BCUT2D eigenvalue weighted by Crippen LogP contribution is 2.31. The Labute approximate surface area is 113 Å². The summed E-state index contributed by atoms with van der Waals surface area (Å²) < 4.78 is 5.76. The van der Waals surface area contributed by atoms with E-state index < -0.39 is 0 Å². The first-order valence-electron chi connectivity index (χ1n) is 6.91. The van der Waals surface area contributed by atoms with Crippen LogP contribution in [0.1, 0.15) is 20.3 Å². The molecule has 2 rings (SSSR count). The molecule has 0 aromatic rings. The van der Waals surface area contributed by atoms with Crippen molar-refractivity contribution in [3.05, 3.63) is 0 Å². The molecule has 3 atom stereocenters. The van der Waals surface area contributed by atoms with E-state index in [1.165, 1.54) is 0 Å². The van der Waals surface area contributed by atoms with Crippen molar-refractivity contribution in [3.63, 3.8) is 0 Å². The standard InChI is InChI=1S/C13H23N3O3/c1-8(2)5-15-13(18)16-6-9-4-10(12(17)14-3)11(7-16)19-9/h8-11H,4-7H2,1-3H3,(H,14,17)(H,15,18). The Kier molecular flexibility index (Phi) is 4.29.